The number of H-pyrrole nitrogens is 1. The van der Waals surface area contributed by atoms with Crippen molar-refractivity contribution in [3.05, 3.63) is 41.6 Å². The summed E-state index contributed by atoms with van der Waals surface area (Å²) >= 11 is 1.44. The maximum atomic E-state index is 12.5. The smallest absolute Gasteiger partial charge is 0.204 e. The molecule has 0 saturated heterocycles. The highest BCUT2D eigenvalue weighted by atomic mass is 32.2. The Hall–Kier alpha value is -3.11. The maximum Gasteiger partial charge on any atom is 0.204 e. The number of aryl methyl sites for hydroxylation is 1. The average Bonchev–Trinajstić information content (AvgIpc) is 3.53. The van der Waals surface area contributed by atoms with Crippen LogP contribution >= 0.6 is 11.8 Å². The third kappa shape index (κ3) is 6.73. The van der Waals surface area contributed by atoms with Crippen LogP contribution in [-0.2, 0) is 16.0 Å². The lowest BCUT2D eigenvalue weighted by Crippen LogP contribution is -2.13. The monoisotopic (exact) mass is 496 g/mol. The molecule has 9 nitrogen and oxygen atoms in total. The maximum absolute atomic E-state index is 12.5. The quantitative estimate of drug-likeness (QED) is 0.241. The Kier molecular flexibility index (Phi) is 8.59. The Labute approximate surface area is 209 Å². The molecule has 1 saturated carbocycles. The number of benzene rings is 1. The molecule has 0 bridgehead atoms. The molecule has 0 unspecified atom stereocenters. The van der Waals surface area contributed by atoms with Gasteiger partial charge in [-0.1, -0.05) is 25.0 Å². The summed E-state index contributed by atoms with van der Waals surface area (Å²) in [5.41, 5.74) is 1.97. The Morgan fingerprint density at radius 2 is 1.89 bits per heavy atom. The summed E-state index contributed by atoms with van der Waals surface area (Å²) in [6.45, 7) is 3.02. The fourth-order valence-corrected chi connectivity index (χ4v) is 4.88. The van der Waals surface area contributed by atoms with Crippen LogP contribution in [0.1, 0.15) is 36.9 Å². The zero-order valence-electron chi connectivity index (χ0n) is 20.4. The molecule has 2 heterocycles. The molecule has 4 rings (SSSR count). The zero-order chi connectivity index (χ0) is 24.6. The van der Waals surface area contributed by atoms with Gasteiger partial charge in [0.05, 0.1) is 13.7 Å². The van der Waals surface area contributed by atoms with Crippen LogP contribution in [0.3, 0.4) is 0 Å². The predicted molar refractivity (Wildman–Crippen MR) is 137 cm³/mol. The Morgan fingerprint density at radius 1 is 1.14 bits per heavy atom. The van der Waals surface area contributed by atoms with E-state index in [1.54, 1.807) is 14.2 Å². The summed E-state index contributed by atoms with van der Waals surface area (Å²) in [5.74, 6) is 2.80. The number of aromatic nitrogens is 4. The molecule has 0 amide bonds. The lowest BCUT2D eigenvalue weighted by atomic mass is 9.97. The van der Waals surface area contributed by atoms with Crippen LogP contribution in [0.25, 0.3) is 0 Å². The van der Waals surface area contributed by atoms with Crippen molar-refractivity contribution in [1.82, 2.24) is 20.2 Å². The highest BCUT2D eigenvalue weighted by Crippen LogP contribution is 2.36. The summed E-state index contributed by atoms with van der Waals surface area (Å²) < 4.78 is 10.8. The van der Waals surface area contributed by atoms with E-state index in [-0.39, 0.29) is 5.92 Å². The summed E-state index contributed by atoms with van der Waals surface area (Å²) in [7, 11) is 3.23. The molecule has 3 aromatic rings. The lowest BCUT2D eigenvalue weighted by Gasteiger charge is -2.15. The normalized spacial score (nSPS) is 13.7. The minimum atomic E-state index is 0.241. The number of anilines is 3. The van der Waals surface area contributed by atoms with E-state index in [0.29, 0.717) is 53.7 Å². The predicted octanol–water partition coefficient (Wildman–Crippen LogP) is 4.77. The fraction of sp³-hybridized carbons (Fsp3) is 0.440. The van der Waals surface area contributed by atoms with Gasteiger partial charge in [0.2, 0.25) is 5.75 Å². The van der Waals surface area contributed by atoms with E-state index in [4.69, 9.17) is 14.5 Å². The first kappa shape index (κ1) is 25.0. The molecule has 0 spiro atoms. The standard InChI is InChI=1S/C25H32N6O3S/c1-16-14-21(31-30-16)27-24-22(34-3)23(26-12-13-33-2)28-25(29-24)35-19-10-8-17(9-11-19)15-20(32)18-6-4-5-7-18/h8-11,14,18H,4-7,12-13,15H2,1-3H3,(H3,26,27,28,29,30,31). The van der Waals surface area contributed by atoms with Crippen LogP contribution in [0.15, 0.2) is 40.4 Å². The topological polar surface area (TPSA) is 114 Å². The number of hydrogen-bond acceptors (Lipinski definition) is 9. The van der Waals surface area contributed by atoms with Crippen molar-refractivity contribution in [2.75, 3.05) is 38.0 Å². The van der Waals surface area contributed by atoms with E-state index in [1.165, 1.54) is 24.6 Å². The van der Waals surface area contributed by atoms with Crippen molar-refractivity contribution in [3.8, 4) is 5.75 Å². The SMILES string of the molecule is COCCNc1nc(Sc2ccc(CC(=O)C3CCCC3)cc2)nc(Nc2cc(C)[nH]n2)c1OC. The van der Waals surface area contributed by atoms with E-state index in [1.807, 2.05) is 37.3 Å². The number of ketones is 1. The second kappa shape index (κ2) is 12.0. The van der Waals surface area contributed by atoms with Crippen molar-refractivity contribution in [2.24, 2.45) is 5.92 Å². The molecule has 0 aliphatic heterocycles. The van der Waals surface area contributed by atoms with Gasteiger partial charge in [-0.15, -0.1) is 0 Å². The number of nitrogens with zero attached hydrogens (tertiary/aromatic N) is 3. The summed E-state index contributed by atoms with van der Waals surface area (Å²) in [6.07, 6.45) is 4.92. The molecule has 35 heavy (non-hydrogen) atoms. The number of hydrogen-bond donors (Lipinski definition) is 3. The van der Waals surface area contributed by atoms with Crippen molar-refractivity contribution in [3.63, 3.8) is 0 Å². The van der Waals surface area contributed by atoms with Gasteiger partial charge in [0.15, 0.2) is 22.6 Å². The molecule has 1 fully saturated rings. The molecule has 10 heteroatoms. The van der Waals surface area contributed by atoms with Gasteiger partial charge < -0.3 is 20.1 Å². The second-order valence-corrected chi connectivity index (χ2v) is 9.63. The van der Waals surface area contributed by atoms with Gasteiger partial charge >= 0.3 is 0 Å². The van der Waals surface area contributed by atoms with Gasteiger partial charge in [-0.2, -0.15) is 5.10 Å². The highest BCUT2D eigenvalue weighted by molar-refractivity contribution is 7.99. The average molecular weight is 497 g/mol. The van der Waals surface area contributed by atoms with Crippen LogP contribution in [0.5, 0.6) is 5.75 Å². The molecule has 1 aliphatic rings. The van der Waals surface area contributed by atoms with Gasteiger partial charge in [-0.25, -0.2) is 9.97 Å². The van der Waals surface area contributed by atoms with Crippen molar-refractivity contribution in [2.45, 2.75) is 49.1 Å². The molecule has 1 aliphatic carbocycles. The van der Waals surface area contributed by atoms with Gasteiger partial charge in [0.25, 0.3) is 0 Å². The lowest BCUT2D eigenvalue weighted by molar-refractivity contribution is -0.122. The largest absolute Gasteiger partial charge is 0.490 e. The Bertz CT molecular complexity index is 1130. The van der Waals surface area contributed by atoms with Crippen LogP contribution in [0.2, 0.25) is 0 Å². The second-order valence-electron chi connectivity index (χ2n) is 8.59. The van der Waals surface area contributed by atoms with Gasteiger partial charge in [-0.05, 0) is 49.2 Å². The Morgan fingerprint density at radius 3 is 2.54 bits per heavy atom. The number of Topliss-reactive ketones (excluding diaryl/α,β-unsaturated/α-hetero) is 1. The fourth-order valence-electron chi connectivity index (χ4n) is 4.12. The highest BCUT2D eigenvalue weighted by Gasteiger charge is 2.22. The van der Waals surface area contributed by atoms with E-state index >= 15 is 0 Å². The van der Waals surface area contributed by atoms with Crippen LogP contribution in [-0.4, -0.2) is 53.3 Å². The third-order valence-electron chi connectivity index (χ3n) is 5.92. The molecule has 3 N–H and O–H groups in total. The van der Waals surface area contributed by atoms with Crippen molar-refractivity contribution >= 4 is 35.0 Å². The first-order valence-corrected chi connectivity index (χ1v) is 12.6. The van der Waals surface area contributed by atoms with E-state index in [2.05, 4.69) is 25.8 Å². The van der Waals surface area contributed by atoms with Crippen LogP contribution in [0, 0.1) is 12.8 Å². The van der Waals surface area contributed by atoms with E-state index in [0.717, 1.165) is 29.0 Å². The molecule has 0 atom stereocenters. The number of nitrogens with one attached hydrogen (secondary N) is 3. The first-order valence-electron chi connectivity index (χ1n) is 11.8. The van der Waals surface area contributed by atoms with Crippen LogP contribution < -0.4 is 15.4 Å². The van der Waals surface area contributed by atoms with E-state index < -0.39 is 0 Å². The third-order valence-corrected chi connectivity index (χ3v) is 6.79. The molecule has 2 aromatic heterocycles. The van der Waals surface area contributed by atoms with Gasteiger partial charge in [-0.3, -0.25) is 9.89 Å². The molecular weight excluding hydrogens is 464 g/mol. The molecule has 0 radical (unpaired) electrons. The van der Waals surface area contributed by atoms with E-state index in [9.17, 15) is 4.79 Å². The number of carbonyl (C=O) groups excluding carboxylic acids is 1. The number of carbonyl (C=O) groups is 1. The van der Waals surface area contributed by atoms with Gasteiger partial charge in [0, 0.05) is 42.6 Å². The molecule has 186 valence electrons. The first-order chi connectivity index (χ1) is 17.1. The minimum absolute atomic E-state index is 0.241. The van der Waals surface area contributed by atoms with Crippen molar-refractivity contribution < 1.29 is 14.3 Å². The Balaban J connectivity index is 1.52. The van der Waals surface area contributed by atoms with Crippen LogP contribution in [0.4, 0.5) is 17.5 Å². The summed E-state index contributed by atoms with van der Waals surface area (Å²) in [4.78, 5) is 22.9. The number of aromatic amines is 1. The number of methoxy groups -OCH3 is 2. The number of rotatable bonds is 12. The van der Waals surface area contributed by atoms with Crippen molar-refractivity contribution in [1.29, 1.82) is 0 Å². The number of ether oxygens (including phenoxy) is 2. The molecule has 1 aromatic carbocycles. The zero-order valence-corrected chi connectivity index (χ0v) is 21.2. The minimum Gasteiger partial charge on any atom is -0.490 e. The summed E-state index contributed by atoms with van der Waals surface area (Å²) in [5, 5.41) is 14.2. The molecular formula is C25H32N6O3S. The summed E-state index contributed by atoms with van der Waals surface area (Å²) in [6, 6.07) is 9.94. The van der Waals surface area contributed by atoms with Gasteiger partial charge in [0.1, 0.15) is 5.78 Å².